The number of hydrogen-bond acceptors (Lipinski definition) is 4. The second-order valence-electron chi connectivity index (χ2n) is 6.14. The molecule has 2 aromatic rings. The summed E-state index contributed by atoms with van der Waals surface area (Å²) in [4.78, 5) is 14.4. The van der Waals surface area contributed by atoms with E-state index in [1.54, 1.807) is 24.3 Å². The number of benzene rings is 2. The molecule has 0 aromatic heterocycles. The number of methoxy groups -OCH3 is 1. The van der Waals surface area contributed by atoms with Gasteiger partial charge < -0.3 is 15.2 Å². The number of carbonyl (C=O) groups excluding carboxylic acids is 1. The van der Waals surface area contributed by atoms with Crippen molar-refractivity contribution in [2.45, 2.75) is 19.9 Å². The summed E-state index contributed by atoms with van der Waals surface area (Å²) in [5.41, 5.74) is 3.98. The Hall–Kier alpha value is -2.86. The van der Waals surface area contributed by atoms with Crippen LogP contribution >= 0.6 is 12.2 Å². The molecule has 2 N–H and O–H groups in total. The molecule has 2 aromatic carbocycles. The molecule has 1 aliphatic heterocycles. The lowest BCUT2D eigenvalue weighted by Gasteiger charge is -2.37. The van der Waals surface area contributed by atoms with Crippen molar-refractivity contribution in [3.63, 3.8) is 0 Å². The maximum atomic E-state index is 12.5. The third kappa shape index (κ3) is 3.28. The third-order valence-corrected chi connectivity index (χ3v) is 4.68. The molecule has 0 spiro atoms. The van der Waals surface area contributed by atoms with Crippen LogP contribution < -0.4 is 10.2 Å². The molecule has 0 amide bonds. The van der Waals surface area contributed by atoms with Crippen LogP contribution in [0, 0.1) is 6.92 Å². The van der Waals surface area contributed by atoms with Gasteiger partial charge in [-0.25, -0.2) is 4.79 Å². The van der Waals surface area contributed by atoms with Gasteiger partial charge in [0.1, 0.15) is 5.75 Å². The normalized spacial score (nSPS) is 17.1. The summed E-state index contributed by atoms with van der Waals surface area (Å²) in [5, 5.41) is 13.3. The fourth-order valence-electron chi connectivity index (χ4n) is 3.11. The molecule has 1 heterocycles. The van der Waals surface area contributed by atoms with E-state index in [-0.39, 0.29) is 5.75 Å². The molecule has 0 radical (unpaired) electrons. The Kier molecular flexibility index (Phi) is 4.95. The molecule has 5 nitrogen and oxygen atoms in total. The highest BCUT2D eigenvalue weighted by atomic mass is 32.1. The van der Waals surface area contributed by atoms with Crippen molar-refractivity contribution in [1.82, 2.24) is 5.32 Å². The molecule has 6 heteroatoms. The first-order valence-electron chi connectivity index (χ1n) is 8.17. The average molecular weight is 368 g/mol. The van der Waals surface area contributed by atoms with Crippen molar-refractivity contribution in [2.75, 3.05) is 12.0 Å². The zero-order valence-corrected chi connectivity index (χ0v) is 15.6. The first-order valence-corrected chi connectivity index (χ1v) is 8.58. The molecule has 0 bridgehead atoms. The molecule has 0 saturated carbocycles. The van der Waals surface area contributed by atoms with Crippen LogP contribution in [0.25, 0.3) is 0 Å². The molecule has 3 rings (SSSR count). The summed E-state index contributed by atoms with van der Waals surface area (Å²) in [7, 11) is 1.36. The number of phenols is 1. The monoisotopic (exact) mass is 368 g/mol. The van der Waals surface area contributed by atoms with E-state index >= 15 is 0 Å². The van der Waals surface area contributed by atoms with Crippen molar-refractivity contribution in [2.24, 2.45) is 0 Å². The molecule has 134 valence electrons. The summed E-state index contributed by atoms with van der Waals surface area (Å²) in [6.07, 6.45) is 0. The number of hydrogen-bond donors (Lipinski definition) is 2. The zero-order chi connectivity index (χ0) is 18.8. The van der Waals surface area contributed by atoms with Gasteiger partial charge in [0.25, 0.3) is 0 Å². The van der Waals surface area contributed by atoms with Crippen LogP contribution in [0.1, 0.15) is 24.1 Å². The highest BCUT2D eigenvalue weighted by molar-refractivity contribution is 7.80. The van der Waals surface area contributed by atoms with Gasteiger partial charge in [-0.05, 0) is 61.5 Å². The van der Waals surface area contributed by atoms with Crippen LogP contribution in [-0.4, -0.2) is 23.3 Å². The Morgan fingerprint density at radius 1 is 1.19 bits per heavy atom. The highest BCUT2D eigenvalue weighted by Crippen LogP contribution is 2.34. The van der Waals surface area contributed by atoms with Crippen molar-refractivity contribution in [3.05, 3.63) is 70.9 Å². The lowest BCUT2D eigenvalue weighted by Crippen LogP contribution is -2.48. The predicted molar refractivity (Wildman–Crippen MR) is 105 cm³/mol. The first-order chi connectivity index (χ1) is 12.4. The number of nitrogens with one attached hydrogen (secondary N) is 1. The predicted octanol–water partition coefficient (Wildman–Crippen LogP) is 3.58. The third-order valence-electron chi connectivity index (χ3n) is 4.38. The van der Waals surface area contributed by atoms with E-state index in [2.05, 4.69) is 5.32 Å². The molecule has 0 fully saturated rings. The second kappa shape index (κ2) is 7.17. The van der Waals surface area contributed by atoms with E-state index in [1.807, 2.05) is 43.0 Å². The Bertz CT molecular complexity index is 890. The number of aromatic hydroxyl groups is 1. The van der Waals surface area contributed by atoms with Crippen LogP contribution in [-0.2, 0) is 9.53 Å². The molecule has 26 heavy (non-hydrogen) atoms. The van der Waals surface area contributed by atoms with Gasteiger partial charge in [0.2, 0.25) is 0 Å². The van der Waals surface area contributed by atoms with Gasteiger partial charge in [-0.2, -0.15) is 0 Å². The Balaban J connectivity index is 2.13. The number of esters is 1. The van der Waals surface area contributed by atoms with E-state index in [0.717, 1.165) is 16.8 Å². The highest BCUT2D eigenvalue weighted by Gasteiger charge is 2.35. The van der Waals surface area contributed by atoms with Crippen molar-refractivity contribution in [1.29, 1.82) is 0 Å². The molecule has 0 aliphatic carbocycles. The fraction of sp³-hybridized carbons (Fsp3) is 0.200. The minimum Gasteiger partial charge on any atom is -0.508 e. The number of carbonyl (C=O) groups is 1. The SMILES string of the molecule is COC(=O)C1=C(C)N(c2cccc(C)c2)C(=S)NC1c1ccc(O)cc1. The number of phenolic OH excluding ortho intramolecular Hbond substituents is 1. The smallest absolute Gasteiger partial charge is 0.337 e. The van der Waals surface area contributed by atoms with Gasteiger partial charge >= 0.3 is 5.97 Å². The molecule has 1 atom stereocenters. The summed E-state index contributed by atoms with van der Waals surface area (Å²) in [6, 6.07) is 14.1. The van der Waals surface area contributed by atoms with Crippen molar-refractivity contribution < 1.29 is 14.6 Å². The van der Waals surface area contributed by atoms with E-state index in [9.17, 15) is 9.90 Å². The van der Waals surface area contributed by atoms with Crippen molar-refractivity contribution >= 4 is 29.0 Å². The second-order valence-corrected chi connectivity index (χ2v) is 6.53. The Morgan fingerprint density at radius 2 is 1.88 bits per heavy atom. The van der Waals surface area contributed by atoms with Gasteiger partial charge in [-0.3, -0.25) is 4.90 Å². The molecule has 1 unspecified atom stereocenters. The van der Waals surface area contributed by atoms with Crippen LogP contribution in [0.2, 0.25) is 0 Å². The van der Waals surface area contributed by atoms with Gasteiger partial charge in [-0.1, -0.05) is 24.3 Å². The number of thiocarbonyl (C=S) groups is 1. The number of anilines is 1. The number of allylic oxidation sites excluding steroid dienone is 1. The topological polar surface area (TPSA) is 61.8 Å². The van der Waals surface area contributed by atoms with Crippen LogP contribution in [0.15, 0.2) is 59.8 Å². The maximum Gasteiger partial charge on any atom is 0.337 e. The van der Waals surface area contributed by atoms with Gasteiger partial charge in [0.05, 0.1) is 18.7 Å². The van der Waals surface area contributed by atoms with E-state index in [4.69, 9.17) is 17.0 Å². The molecule has 1 aliphatic rings. The summed E-state index contributed by atoms with van der Waals surface area (Å²) < 4.78 is 5.02. The minimum atomic E-state index is -0.448. The summed E-state index contributed by atoms with van der Waals surface area (Å²) >= 11 is 5.59. The molecule has 0 saturated heterocycles. The average Bonchev–Trinajstić information content (AvgIpc) is 2.61. The number of nitrogens with zero attached hydrogens (tertiary/aromatic N) is 1. The van der Waals surface area contributed by atoms with E-state index < -0.39 is 12.0 Å². The zero-order valence-electron chi connectivity index (χ0n) is 14.8. The maximum absolute atomic E-state index is 12.5. The number of ether oxygens (including phenoxy) is 1. The van der Waals surface area contributed by atoms with Gasteiger partial charge in [0.15, 0.2) is 5.11 Å². The quantitative estimate of drug-likeness (QED) is 0.638. The molecular weight excluding hydrogens is 348 g/mol. The minimum absolute atomic E-state index is 0.161. The standard InChI is InChI=1S/C20H20N2O3S/c1-12-5-4-6-15(11-12)22-13(2)17(19(24)25-3)18(21-20(22)26)14-7-9-16(23)10-8-14/h4-11,18,23H,1-3H3,(H,21,26). The number of aryl methyl sites for hydroxylation is 1. The van der Waals surface area contributed by atoms with Crippen molar-refractivity contribution in [3.8, 4) is 5.75 Å². The Morgan fingerprint density at radius 3 is 2.50 bits per heavy atom. The van der Waals surface area contributed by atoms with Crippen LogP contribution in [0.5, 0.6) is 5.75 Å². The fourth-order valence-corrected chi connectivity index (χ4v) is 3.47. The van der Waals surface area contributed by atoms with Gasteiger partial charge in [-0.15, -0.1) is 0 Å². The van der Waals surface area contributed by atoms with E-state index in [0.29, 0.717) is 16.4 Å². The van der Waals surface area contributed by atoms with Gasteiger partial charge in [0, 0.05) is 11.4 Å². The lowest BCUT2D eigenvalue weighted by molar-refractivity contribution is -0.136. The Labute approximate surface area is 157 Å². The summed E-state index contributed by atoms with van der Waals surface area (Å²) in [6.45, 7) is 3.86. The number of rotatable bonds is 3. The largest absolute Gasteiger partial charge is 0.508 e. The molecular formula is C20H20N2O3S. The first kappa shape index (κ1) is 17.9. The van der Waals surface area contributed by atoms with E-state index in [1.165, 1.54) is 7.11 Å². The summed E-state index contributed by atoms with van der Waals surface area (Å²) in [5.74, 6) is -0.262. The van der Waals surface area contributed by atoms with Crippen LogP contribution in [0.3, 0.4) is 0 Å². The van der Waals surface area contributed by atoms with Crippen LogP contribution in [0.4, 0.5) is 5.69 Å². The lowest BCUT2D eigenvalue weighted by atomic mass is 9.94.